The number of anilines is 1. The van der Waals surface area contributed by atoms with Gasteiger partial charge in [-0.1, -0.05) is 0 Å². The lowest BCUT2D eigenvalue weighted by atomic mass is 10.0. The normalized spacial score (nSPS) is 19.5. The molecule has 0 saturated carbocycles. The summed E-state index contributed by atoms with van der Waals surface area (Å²) in [4.78, 5) is 10.2. The molecule has 17 heavy (non-hydrogen) atoms. The summed E-state index contributed by atoms with van der Waals surface area (Å²) in [5.74, 6) is -0.583. The maximum Gasteiger partial charge on any atom is 0.293 e. The van der Waals surface area contributed by atoms with Gasteiger partial charge in [0.2, 0.25) is 0 Å². The van der Waals surface area contributed by atoms with Gasteiger partial charge in [-0.15, -0.1) is 0 Å². The topological polar surface area (TPSA) is 78.4 Å². The fraction of sp³-hybridized carbons (Fsp3) is 0.400. The molecule has 0 bridgehead atoms. The zero-order chi connectivity index (χ0) is 12.6. The average molecular weight is 305 g/mol. The van der Waals surface area contributed by atoms with Gasteiger partial charge in [0.05, 0.1) is 15.5 Å². The largest absolute Gasteiger partial charge is 0.393 e. The second kappa shape index (κ2) is 4.58. The number of hydrogen-bond acceptors (Lipinski definition) is 4. The summed E-state index contributed by atoms with van der Waals surface area (Å²) >= 11 is 2.96. The summed E-state index contributed by atoms with van der Waals surface area (Å²) < 4.78 is 19.3. The first-order valence-electron chi connectivity index (χ1n) is 5.05. The highest BCUT2D eigenvalue weighted by molar-refractivity contribution is 9.10. The monoisotopic (exact) mass is 304 g/mol. The summed E-state index contributed by atoms with van der Waals surface area (Å²) in [5, 5.41) is 10.8. The lowest BCUT2D eigenvalue weighted by molar-refractivity contribution is -0.384. The van der Waals surface area contributed by atoms with Gasteiger partial charge in [-0.2, -0.15) is 0 Å². The van der Waals surface area contributed by atoms with Gasteiger partial charge in [-0.05, 0) is 28.8 Å². The molecule has 1 heterocycles. The third-order valence-corrected chi connectivity index (χ3v) is 3.30. The quantitative estimate of drug-likeness (QED) is 0.517. The van der Waals surface area contributed by atoms with Crippen molar-refractivity contribution in [2.45, 2.75) is 18.9 Å². The zero-order valence-electron chi connectivity index (χ0n) is 8.78. The van der Waals surface area contributed by atoms with E-state index in [1.165, 1.54) is 0 Å². The van der Waals surface area contributed by atoms with Gasteiger partial charge in [0.25, 0.3) is 5.69 Å². The fourth-order valence-electron chi connectivity index (χ4n) is 1.92. The van der Waals surface area contributed by atoms with Crippen molar-refractivity contribution >= 4 is 27.3 Å². The molecule has 7 heteroatoms. The van der Waals surface area contributed by atoms with Crippen LogP contribution in [0.1, 0.15) is 24.5 Å². The minimum absolute atomic E-state index is 0.0314. The van der Waals surface area contributed by atoms with E-state index in [4.69, 9.17) is 10.5 Å². The molecule has 5 nitrogen and oxygen atoms in total. The van der Waals surface area contributed by atoms with Crippen LogP contribution >= 0.6 is 15.9 Å². The highest BCUT2D eigenvalue weighted by Gasteiger charge is 2.29. The number of halogens is 2. The van der Waals surface area contributed by atoms with Gasteiger partial charge >= 0.3 is 0 Å². The Morgan fingerprint density at radius 1 is 1.65 bits per heavy atom. The molecule has 1 atom stereocenters. The predicted octanol–water partition coefficient (Wildman–Crippen LogP) is 2.93. The molecule has 1 aromatic rings. The third-order valence-electron chi connectivity index (χ3n) is 2.72. The maximum absolute atomic E-state index is 13.9. The van der Waals surface area contributed by atoms with Crippen molar-refractivity contribution in [3.05, 3.63) is 32.0 Å². The van der Waals surface area contributed by atoms with Gasteiger partial charge < -0.3 is 10.5 Å². The highest BCUT2D eigenvalue weighted by atomic mass is 79.9. The number of nitrogens with zero attached hydrogens (tertiary/aromatic N) is 1. The first-order chi connectivity index (χ1) is 8.02. The molecule has 1 aliphatic rings. The molecule has 1 saturated heterocycles. The second-order valence-electron chi connectivity index (χ2n) is 3.78. The Balaban J connectivity index is 2.59. The van der Waals surface area contributed by atoms with Crippen LogP contribution in [0.25, 0.3) is 0 Å². The number of hydrogen-bond donors (Lipinski definition) is 1. The summed E-state index contributed by atoms with van der Waals surface area (Å²) in [5.41, 5.74) is 5.29. The van der Waals surface area contributed by atoms with E-state index in [0.717, 1.165) is 12.5 Å². The minimum Gasteiger partial charge on any atom is -0.393 e. The molecule has 2 rings (SSSR count). The van der Waals surface area contributed by atoms with Gasteiger partial charge in [0.15, 0.2) is 0 Å². The number of rotatable bonds is 2. The van der Waals surface area contributed by atoms with Crippen molar-refractivity contribution in [3.8, 4) is 0 Å². The molecule has 0 aliphatic carbocycles. The lowest BCUT2D eigenvalue weighted by Crippen LogP contribution is -2.08. The molecule has 0 spiro atoms. The lowest BCUT2D eigenvalue weighted by Gasteiger charge is -2.14. The second-order valence-corrected chi connectivity index (χ2v) is 4.63. The molecule has 0 amide bonds. The van der Waals surface area contributed by atoms with E-state index in [2.05, 4.69) is 15.9 Å². The Morgan fingerprint density at radius 2 is 2.35 bits per heavy atom. The standard InChI is InChI=1S/C10H10BrFN2O3/c11-5-4-6(14(15)16)10(13)8(9(5)12)7-2-1-3-17-7/h4,7H,1-3,13H2/t7-/m1/s1. The van der Waals surface area contributed by atoms with E-state index < -0.39 is 16.8 Å². The summed E-state index contributed by atoms with van der Waals surface area (Å²) in [6, 6.07) is 1.07. The predicted molar refractivity (Wildman–Crippen MR) is 63.1 cm³/mol. The summed E-state index contributed by atoms with van der Waals surface area (Å²) in [7, 11) is 0. The first kappa shape index (κ1) is 12.3. The molecule has 1 aromatic carbocycles. The van der Waals surface area contributed by atoms with Gasteiger partial charge in [0.1, 0.15) is 11.5 Å². The molecule has 2 N–H and O–H groups in total. The minimum atomic E-state index is -0.627. The van der Waals surface area contributed by atoms with E-state index in [0.29, 0.717) is 13.0 Å². The molecule has 0 unspecified atom stereocenters. The third kappa shape index (κ3) is 2.12. The van der Waals surface area contributed by atoms with Gasteiger partial charge in [-0.25, -0.2) is 4.39 Å². The maximum atomic E-state index is 13.9. The van der Waals surface area contributed by atoms with E-state index in [1.54, 1.807) is 0 Å². The van der Waals surface area contributed by atoms with Crippen LogP contribution in [-0.2, 0) is 4.74 Å². The van der Waals surface area contributed by atoms with Crippen molar-refractivity contribution in [3.63, 3.8) is 0 Å². The fourth-order valence-corrected chi connectivity index (χ4v) is 2.35. The molecule has 92 valence electrons. The van der Waals surface area contributed by atoms with Crippen LogP contribution in [0.5, 0.6) is 0 Å². The number of ether oxygens (including phenoxy) is 1. The van der Waals surface area contributed by atoms with Crippen LogP contribution in [0.2, 0.25) is 0 Å². The van der Waals surface area contributed by atoms with Crippen LogP contribution in [0.4, 0.5) is 15.8 Å². The Labute approximate surface area is 105 Å². The van der Waals surface area contributed by atoms with Crippen molar-refractivity contribution < 1.29 is 14.1 Å². The van der Waals surface area contributed by atoms with Gasteiger partial charge in [-0.3, -0.25) is 10.1 Å². The average Bonchev–Trinajstić information content (AvgIpc) is 2.76. The Kier molecular flexibility index (Phi) is 3.30. The summed E-state index contributed by atoms with van der Waals surface area (Å²) in [6.45, 7) is 0.518. The molecular formula is C10H10BrFN2O3. The zero-order valence-corrected chi connectivity index (χ0v) is 10.4. The van der Waals surface area contributed by atoms with E-state index in [-0.39, 0.29) is 21.4 Å². The smallest absolute Gasteiger partial charge is 0.293 e. The van der Waals surface area contributed by atoms with Crippen LogP contribution in [0.3, 0.4) is 0 Å². The van der Waals surface area contributed by atoms with Crippen molar-refractivity contribution in [2.75, 3.05) is 12.3 Å². The molecule has 0 radical (unpaired) electrons. The summed E-state index contributed by atoms with van der Waals surface area (Å²) in [6.07, 6.45) is 0.921. The molecule has 0 aromatic heterocycles. The number of nitrogens with two attached hydrogens (primary N) is 1. The van der Waals surface area contributed by atoms with Crippen LogP contribution in [0.15, 0.2) is 10.5 Å². The first-order valence-corrected chi connectivity index (χ1v) is 5.85. The Morgan fingerprint density at radius 3 is 2.88 bits per heavy atom. The molecule has 1 fully saturated rings. The number of benzene rings is 1. The molecular weight excluding hydrogens is 295 g/mol. The highest BCUT2D eigenvalue weighted by Crippen LogP contribution is 2.41. The van der Waals surface area contributed by atoms with Crippen molar-refractivity contribution in [2.24, 2.45) is 0 Å². The van der Waals surface area contributed by atoms with Gasteiger partial charge in [0, 0.05) is 18.2 Å². The van der Waals surface area contributed by atoms with Crippen molar-refractivity contribution in [1.82, 2.24) is 0 Å². The van der Waals surface area contributed by atoms with E-state index in [9.17, 15) is 14.5 Å². The number of nitro benzene ring substituents is 1. The number of nitrogen functional groups attached to an aromatic ring is 1. The Hall–Kier alpha value is -1.21. The van der Waals surface area contributed by atoms with Crippen LogP contribution < -0.4 is 5.73 Å². The van der Waals surface area contributed by atoms with E-state index in [1.807, 2.05) is 0 Å². The van der Waals surface area contributed by atoms with Crippen LogP contribution in [0, 0.1) is 15.9 Å². The number of nitro groups is 1. The molecule has 1 aliphatic heterocycles. The van der Waals surface area contributed by atoms with E-state index >= 15 is 0 Å². The SMILES string of the molecule is Nc1c([N+](=O)[O-])cc(Br)c(F)c1[C@H]1CCCO1. The Bertz CT molecular complexity index is 475. The van der Waals surface area contributed by atoms with Crippen molar-refractivity contribution in [1.29, 1.82) is 0 Å². The van der Waals surface area contributed by atoms with Crippen LogP contribution in [-0.4, -0.2) is 11.5 Å².